The maximum Gasteiger partial charge on any atom is 0.122 e. The summed E-state index contributed by atoms with van der Waals surface area (Å²) in [7, 11) is 1.67. The number of carbonyl (C=O) groups excluding carboxylic acids is 1. The Labute approximate surface area is 75.3 Å². The molecule has 2 heteroatoms. The molecule has 0 heterocycles. The van der Waals surface area contributed by atoms with Crippen molar-refractivity contribution >= 4 is 6.29 Å². The Kier molecular flexibility index (Phi) is 5.14. The minimum absolute atomic E-state index is 0.244. The van der Waals surface area contributed by atoms with Crippen LogP contribution in [0.4, 0.5) is 0 Å². The summed E-state index contributed by atoms with van der Waals surface area (Å²) in [6, 6.07) is 0. The number of hydrogen-bond donors (Lipinski definition) is 0. The summed E-state index contributed by atoms with van der Waals surface area (Å²) in [5, 5.41) is 0. The van der Waals surface area contributed by atoms with Crippen molar-refractivity contribution in [2.45, 2.75) is 45.6 Å². The smallest absolute Gasteiger partial charge is 0.122 e. The third-order valence-electron chi connectivity index (χ3n) is 2.26. The summed E-state index contributed by atoms with van der Waals surface area (Å²) < 4.78 is 5.30. The van der Waals surface area contributed by atoms with Gasteiger partial charge in [-0.05, 0) is 25.7 Å². The second kappa shape index (κ2) is 5.31. The molecule has 1 atom stereocenters. The molecule has 2 nitrogen and oxygen atoms in total. The molecule has 0 aliphatic rings. The summed E-state index contributed by atoms with van der Waals surface area (Å²) in [5.41, 5.74) is -0.244. The van der Waals surface area contributed by atoms with Crippen LogP contribution in [0.2, 0.25) is 0 Å². The van der Waals surface area contributed by atoms with E-state index < -0.39 is 0 Å². The number of rotatable bonds is 6. The largest absolute Gasteiger partial charge is 0.378 e. The molecule has 0 rings (SSSR count). The second-order valence-corrected chi connectivity index (χ2v) is 3.96. The average Bonchev–Trinajstić information content (AvgIpc) is 2.02. The third-order valence-corrected chi connectivity index (χ3v) is 2.26. The van der Waals surface area contributed by atoms with E-state index in [0.717, 1.165) is 19.1 Å². The highest BCUT2D eigenvalue weighted by molar-refractivity contribution is 5.51. The quantitative estimate of drug-likeness (QED) is 0.575. The molecule has 0 fully saturated rings. The first-order valence-electron chi connectivity index (χ1n) is 4.53. The van der Waals surface area contributed by atoms with Gasteiger partial charge in [-0.25, -0.2) is 0 Å². The molecule has 0 saturated heterocycles. The lowest BCUT2D eigenvalue weighted by Gasteiger charge is -2.26. The predicted molar refractivity (Wildman–Crippen MR) is 50.2 cm³/mol. The number of aldehydes is 1. The van der Waals surface area contributed by atoms with Crippen molar-refractivity contribution in [1.82, 2.24) is 0 Å². The van der Waals surface area contributed by atoms with Gasteiger partial charge >= 0.3 is 0 Å². The van der Waals surface area contributed by atoms with Gasteiger partial charge in [0.05, 0.1) is 5.60 Å². The predicted octanol–water partition coefficient (Wildman–Crippen LogP) is 2.42. The summed E-state index contributed by atoms with van der Waals surface area (Å²) in [6.07, 6.45) is 3.50. The Morgan fingerprint density at radius 1 is 1.50 bits per heavy atom. The van der Waals surface area contributed by atoms with Gasteiger partial charge < -0.3 is 9.53 Å². The zero-order valence-corrected chi connectivity index (χ0v) is 8.59. The first-order valence-corrected chi connectivity index (χ1v) is 4.53. The molecule has 0 aromatic carbocycles. The van der Waals surface area contributed by atoms with Gasteiger partial charge in [-0.3, -0.25) is 0 Å². The SMILES string of the molecule is COC(C)(CC=O)CCC(C)C. The van der Waals surface area contributed by atoms with Crippen LogP contribution in [-0.2, 0) is 9.53 Å². The van der Waals surface area contributed by atoms with Crippen LogP contribution >= 0.6 is 0 Å². The molecule has 72 valence electrons. The van der Waals surface area contributed by atoms with Gasteiger partial charge in [-0.15, -0.1) is 0 Å². The van der Waals surface area contributed by atoms with E-state index in [1.54, 1.807) is 7.11 Å². The van der Waals surface area contributed by atoms with Crippen LogP contribution in [0.3, 0.4) is 0 Å². The van der Waals surface area contributed by atoms with Gasteiger partial charge in [0, 0.05) is 13.5 Å². The van der Waals surface area contributed by atoms with Crippen LogP contribution in [0.5, 0.6) is 0 Å². The highest BCUT2D eigenvalue weighted by Gasteiger charge is 2.22. The van der Waals surface area contributed by atoms with E-state index in [1.165, 1.54) is 0 Å². The Morgan fingerprint density at radius 2 is 2.08 bits per heavy atom. The van der Waals surface area contributed by atoms with Crippen molar-refractivity contribution in [1.29, 1.82) is 0 Å². The molecular weight excluding hydrogens is 152 g/mol. The fourth-order valence-electron chi connectivity index (χ4n) is 1.06. The number of carbonyl (C=O) groups is 1. The van der Waals surface area contributed by atoms with E-state index in [0.29, 0.717) is 12.3 Å². The minimum atomic E-state index is -0.244. The molecule has 0 radical (unpaired) electrons. The number of ether oxygens (including phenoxy) is 1. The standard InChI is InChI=1S/C10H20O2/c1-9(2)5-6-10(3,12-4)7-8-11/h8-9H,5-7H2,1-4H3. The van der Waals surface area contributed by atoms with E-state index >= 15 is 0 Å². The fraction of sp³-hybridized carbons (Fsp3) is 0.900. The Morgan fingerprint density at radius 3 is 2.42 bits per heavy atom. The highest BCUT2D eigenvalue weighted by atomic mass is 16.5. The van der Waals surface area contributed by atoms with Crippen LogP contribution in [0.15, 0.2) is 0 Å². The summed E-state index contributed by atoms with van der Waals surface area (Å²) in [5.74, 6) is 0.672. The lowest BCUT2D eigenvalue weighted by molar-refractivity contribution is -0.113. The van der Waals surface area contributed by atoms with E-state index in [1.807, 2.05) is 6.92 Å². The van der Waals surface area contributed by atoms with Crippen LogP contribution in [0, 0.1) is 5.92 Å². The molecule has 0 aromatic rings. The lowest BCUT2D eigenvalue weighted by atomic mass is 9.93. The van der Waals surface area contributed by atoms with E-state index in [-0.39, 0.29) is 5.60 Å². The molecular formula is C10H20O2. The summed E-state index contributed by atoms with van der Waals surface area (Å²) >= 11 is 0. The van der Waals surface area contributed by atoms with Gasteiger partial charge in [0.25, 0.3) is 0 Å². The lowest BCUT2D eigenvalue weighted by Crippen LogP contribution is -2.28. The molecule has 0 aromatic heterocycles. The van der Waals surface area contributed by atoms with Crippen molar-refractivity contribution in [3.63, 3.8) is 0 Å². The van der Waals surface area contributed by atoms with Crippen molar-refractivity contribution in [3.8, 4) is 0 Å². The molecule has 0 spiro atoms. The van der Waals surface area contributed by atoms with Crippen molar-refractivity contribution in [3.05, 3.63) is 0 Å². The van der Waals surface area contributed by atoms with Crippen LogP contribution in [-0.4, -0.2) is 19.0 Å². The van der Waals surface area contributed by atoms with E-state index in [4.69, 9.17) is 4.74 Å². The van der Waals surface area contributed by atoms with Gasteiger partial charge in [-0.2, -0.15) is 0 Å². The van der Waals surface area contributed by atoms with Gasteiger partial charge in [0.1, 0.15) is 6.29 Å². The van der Waals surface area contributed by atoms with Gasteiger partial charge in [0.15, 0.2) is 0 Å². The molecule has 1 unspecified atom stereocenters. The molecule has 12 heavy (non-hydrogen) atoms. The molecule has 0 aliphatic carbocycles. The average molecular weight is 172 g/mol. The maximum atomic E-state index is 10.3. The fourth-order valence-corrected chi connectivity index (χ4v) is 1.06. The van der Waals surface area contributed by atoms with Crippen LogP contribution < -0.4 is 0 Å². The maximum absolute atomic E-state index is 10.3. The van der Waals surface area contributed by atoms with Gasteiger partial charge in [-0.1, -0.05) is 13.8 Å². The topological polar surface area (TPSA) is 26.3 Å². The molecule has 0 aliphatic heterocycles. The molecule has 0 amide bonds. The Hall–Kier alpha value is -0.370. The highest BCUT2D eigenvalue weighted by Crippen LogP contribution is 2.22. The van der Waals surface area contributed by atoms with E-state index in [2.05, 4.69) is 13.8 Å². The molecule has 0 N–H and O–H groups in total. The third kappa shape index (κ3) is 4.50. The van der Waals surface area contributed by atoms with Gasteiger partial charge in [0.2, 0.25) is 0 Å². The van der Waals surface area contributed by atoms with Crippen LogP contribution in [0.1, 0.15) is 40.0 Å². The Bertz CT molecular complexity index is 132. The molecule has 0 saturated carbocycles. The van der Waals surface area contributed by atoms with Crippen molar-refractivity contribution in [2.75, 3.05) is 7.11 Å². The first-order chi connectivity index (χ1) is 5.54. The van der Waals surface area contributed by atoms with Crippen molar-refractivity contribution in [2.24, 2.45) is 5.92 Å². The number of methoxy groups -OCH3 is 1. The van der Waals surface area contributed by atoms with E-state index in [9.17, 15) is 4.79 Å². The zero-order valence-electron chi connectivity index (χ0n) is 8.59. The molecule has 0 bridgehead atoms. The summed E-state index contributed by atoms with van der Waals surface area (Å²) in [6.45, 7) is 6.35. The summed E-state index contributed by atoms with van der Waals surface area (Å²) in [4.78, 5) is 10.3. The normalized spacial score (nSPS) is 16.1. The number of hydrogen-bond acceptors (Lipinski definition) is 2. The van der Waals surface area contributed by atoms with Crippen LogP contribution in [0.25, 0.3) is 0 Å². The van der Waals surface area contributed by atoms with Crippen molar-refractivity contribution < 1.29 is 9.53 Å². The second-order valence-electron chi connectivity index (χ2n) is 3.96. The zero-order chi connectivity index (χ0) is 9.61. The minimum Gasteiger partial charge on any atom is -0.378 e. The monoisotopic (exact) mass is 172 g/mol. The Balaban J connectivity index is 3.86. The first kappa shape index (κ1) is 11.6.